The van der Waals surface area contributed by atoms with Crippen molar-refractivity contribution in [2.24, 2.45) is 5.84 Å². The average Bonchev–Trinajstić information content (AvgIpc) is 2.71. The van der Waals surface area contributed by atoms with Gasteiger partial charge in [0.2, 0.25) is 0 Å². The van der Waals surface area contributed by atoms with Gasteiger partial charge in [-0.3, -0.25) is 5.84 Å². The van der Waals surface area contributed by atoms with Gasteiger partial charge in [0.25, 0.3) is 0 Å². The Hall–Kier alpha value is -1.72. The van der Waals surface area contributed by atoms with Crippen LogP contribution < -0.4 is 11.3 Å². The van der Waals surface area contributed by atoms with E-state index in [0.29, 0.717) is 17.7 Å². The number of nitrogens with two attached hydrogens (primary N) is 1. The number of furan rings is 1. The summed E-state index contributed by atoms with van der Waals surface area (Å²) >= 11 is 0. The molecule has 1 unspecified atom stereocenters. The lowest BCUT2D eigenvalue weighted by Crippen LogP contribution is -2.29. The topological polar surface area (TPSA) is 51.2 Å². The molecule has 96 valence electrons. The first-order chi connectivity index (χ1) is 8.60. The van der Waals surface area contributed by atoms with Crippen molar-refractivity contribution in [3.05, 3.63) is 59.1 Å². The fourth-order valence-corrected chi connectivity index (χ4v) is 1.93. The van der Waals surface area contributed by atoms with E-state index in [0.717, 1.165) is 11.6 Å². The Balaban J connectivity index is 2.23. The van der Waals surface area contributed by atoms with Gasteiger partial charge in [-0.1, -0.05) is 0 Å². The summed E-state index contributed by atoms with van der Waals surface area (Å²) in [5, 5.41) is 0. The maximum Gasteiger partial charge on any atom is 0.126 e. The first-order valence-corrected chi connectivity index (χ1v) is 5.55. The molecule has 5 heteroatoms. The van der Waals surface area contributed by atoms with Crippen molar-refractivity contribution in [2.45, 2.75) is 19.4 Å². The van der Waals surface area contributed by atoms with E-state index >= 15 is 0 Å². The van der Waals surface area contributed by atoms with E-state index < -0.39 is 11.6 Å². The molecule has 18 heavy (non-hydrogen) atoms. The predicted molar refractivity (Wildman–Crippen MR) is 63.6 cm³/mol. The van der Waals surface area contributed by atoms with Crippen molar-refractivity contribution in [1.82, 2.24) is 5.43 Å². The normalized spacial score (nSPS) is 12.7. The summed E-state index contributed by atoms with van der Waals surface area (Å²) in [6.45, 7) is 1.88. The predicted octanol–water partition coefficient (Wildman–Crippen LogP) is 2.61. The van der Waals surface area contributed by atoms with Crippen molar-refractivity contribution in [1.29, 1.82) is 0 Å². The van der Waals surface area contributed by atoms with E-state index in [9.17, 15) is 8.78 Å². The molecule has 1 heterocycles. The molecule has 3 nitrogen and oxygen atoms in total. The Morgan fingerprint density at radius 2 is 1.94 bits per heavy atom. The highest BCUT2D eigenvalue weighted by Gasteiger charge is 2.17. The fourth-order valence-electron chi connectivity index (χ4n) is 1.93. The number of hydrogen-bond donors (Lipinski definition) is 2. The maximum atomic E-state index is 13.1. The van der Waals surface area contributed by atoms with E-state index in [-0.39, 0.29) is 6.04 Å². The van der Waals surface area contributed by atoms with Crippen LogP contribution in [0.5, 0.6) is 0 Å². The number of halogens is 2. The summed E-state index contributed by atoms with van der Waals surface area (Å²) in [6.07, 6.45) is 1.90. The molecule has 3 N–H and O–H groups in total. The monoisotopic (exact) mass is 252 g/mol. The van der Waals surface area contributed by atoms with Gasteiger partial charge < -0.3 is 4.42 Å². The molecule has 0 saturated heterocycles. The largest absolute Gasteiger partial charge is 0.467 e. The number of nitrogens with one attached hydrogen (secondary N) is 1. The van der Waals surface area contributed by atoms with Crippen molar-refractivity contribution in [3.8, 4) is 0 Å². The van der Waals surface area contributed by atoms with Crippen LogP contribution in [0.1, 0.15) is 22.9 Å². The van der Waals surface area contributed by atoms with E-state index in [4.69, 9.17) is 10.3 Å². The van der Waals surface area contributed by atoms with Crippen molar-refractivity contribution < 1.29 is 13.2 Å². The minimum Gasteiger partial charge on any atom is -0.467 e. The Morgan fingerprint density at radius 3 is 2.44 bits per heavy atom. The second-order valence-corrected chi connectivity index (χ2v) is 4.17. The third-order valence-corrected chi connectivity index (χ3v) is 2.78. The van der Waals surface area contributed by atoms with Gasteiger partial charge in [-0.25, -0.2) is 14.2 Å². The van der Waals surface area contributed by atoms with Gasteiger partial charge in [-0.15, -0.1) is 0 Å². The molecule has 2 aromatic rings. The molecule has 1 aromatic heterocycles. The van der Waals surface area contributed by atoms with Crippen LogP contribution in [0.3, 0.4) is 0 Å². The molecule has 0 aliphatic rings. The van der Waals surface area contributed by atoms with Gasteiger partial charge in [-0.2, -0.15) is 0 Å². The van der Waals surface area contributed by atoms with Crippen molar-refractivity contribution in [2.75, 3.05) is 0 Å². The van der Waals surface area contributed by atoms with Gasteiger partial charge in [0.1, 0.15) is 17.4 Å². The third kappa shape index (κ3) is 2.75. The van der Waals surface area contributed by atoms with E-state index in [1.807, 2.05) is 13.0 Å². The molecule has 0 radical (unpaired) electrons. The molecule has 0 bridgehead atoms. The van der Waals surface area contributed by atoms with Crippen LogP contribution in [0.15, 0.2) is 34.9 Å². The van der Waals surface area contributed by atoms with Crippen LogP contribution in [-0.2, 0) is 6.42 Å². The second-order valence-electron chi connectivity index (χ2n) is 4.17. The maximum absolute atomic E-state index is 13.1. The first kappa shape index (κ1) is 12.7. The highest BCUT2D eigenvalue weighted by atomic mass is 19.1. The smallest absolute Gasteiger partial charge is 0.126 e. The summed E-state index contributed by atoms with van der Waals surface area (Å²) in [5.74, 6) is 4.93. The first-order valence-electron chi connectivity index (χ1n) is 5.55. The number of aryl methyl sites for hydroxylation is 1. The third-order valence-electron chi connectivity index (χ3n) is 2.78. The minimum atomic E-state index is -0.600. The van der Waals surface area contributed by atoms with Crippen molar-refractivity contribution in [3.63, 3.8) is 0 Å². The Labute approximate surface area is 104 Å². The zero-order valence-electron chi connectivity index (χ0n) is 9.91. The zero-order chi connectivity index (χ0) is 13.1. The Morgan fingerprint density at radius 1 is 1.28 bits per heavy atom. The van der Waals surface area contributed by atoms with Gasteiger partial charge in [-0.05, 0) is 42.7 Å². The molecule has 0 amide bonds. The van der Waals surface area contributed by atoms with Crippen LogP contribution in [0.25, 0.3) is 0 Å². The molecule has 0 spiro atoms. The van der Waals surface area contributed by atoms with Crippen LogP contribution >= 0.6 is 0 Å². The van der Waals surface area contributed by atoms with Crippen molar-refractivity contribution >= 4 is 0 Å². The number of rotatable bonds is 4. The van der Waals surface area contributed by atoms with Gasteiger partial charge in [0.05, 0.1) is 12.3 Å². The SMILES string of the molecule is Cc1ccoc1C(Cc1cc(F)cc(F)c1)NN. The summed E-state index contributed by atoms with van der Waals surface area (Å²) < 4.78 is 31.5. The molecular formula is C13H14F2N2O. The number of benzene rings is 1. The molecule has 0 aliphatic heterocycles. The zero-order valence-corrected chi connectivity index (χ0v) is 9.91. The van der Waals surface area contributed by atoms with Gasteiger partial charge in [0.15, 0.2) is 0 Å². The summed E-state index contributed by atoms with van der Waals surface area (Å²) in [6, 6.07) is 4.90. The minimum absolute atomic E-state index is 0.318. The van der Waals surface area contributed by atoms with Crippen LogP contribution in [0.4, 0.5) is 8.78 Å². The van der Waals surface area contributed by atoms with Crippen LogP contribution in [0, 0.1) is 18.6 Å². The molecule has 0 saturated carbocycles. The van der Waals surface area contributed by atoms with E-state index in [1.54, 1.807) is 6.26 Å². The molecule has 0 fully saturated rings. The summed E-state index contributed by atoms with van der Waals surface area (Å²) in [4.78, 5) is 0. The van der Waals surface area contributed by atoms with Gasteiger partial charge in [0, 0.05) is 6.07 Å². The average molecular weight is 252 g/mol. The lowest BCUT2D eigenvalue weighted by molar-refractivity contribution is 0.412. The lowest BCUT2D eigenvalue weighted by atomic mass is 10.0. The molecule has 0 aliphatic carbocycles. The van der Waals surface area contributed by atoms with Gasteiger partial charge >= 0.3 is 0 Å². The van der Waals surface area contributed by atoms with Crippen LogP contribution in [0.2, 0.25) is 0 Å². The Kier molecular flexibility index (Phi) is 3.74. The molecular weight excluding hydrogens is 238 g/mol. The van der Waals surface area contributed by atoms with E-state index in [2.05, 4.69) is 5.43 Å². The number of hydrazine groups is 1. The second kappa shape index (κ2) is 5.29. The highest BCUT2D eigenvalue weighted by Crippen LogP contribution is 2.22. The molecule has 1 atom stereocenters. The Bertz CT molecular complexity index is 519. The standard InChI is InChI=1S/C13H14F2N2O/c1-8-2-3-18-13(8)12(17-16)6-9-4-10(14)7-11(15)5-9/h2-5,7,12,17H,6,16H2,1H3. The molecule has 2 rings (SSSR count). The summed E-state index contributed by atoms with van der Waals surface area (Å²) in [7, 11) is 0. The fraction of sp³-hybridized carbons (Fsp3) is 0.231. The van der Waals surface area contributed by atoms with E-state index in [1.165, 1.54) is 12.1 Å². The quantitative estimate of drug-likeness (QED) is 0.649. The highest BCUT2D eigenvalue weighted by molar-refractivity contribution is 5.24. The number of hydrogen-bond acceptors (Lipinski definition) is 3. The lowest BCUT2D eigenvalue weighted by Gasteiger charge is -2.14. The van der Waals surface area contributed by atoms with Crippen LogP contribution in [-0.4, -0.2) is 0 Å². The summed E-state index contributed by atoms with van der Waals surface area (Å²) in [5.41, 5.74) is 4.05. The molecule has 1 aromatic carbocycles.